The predicted molar refractivity (Wildman–Crippen MR) is 147 cm³/mol. The van der Waals surface area contributed by atoms with Gasteiger partial charge >= 0.3 is 6.03 Å². The summed E-state index contributed by atoms with van der Waals surface area (Å²) >= 11 is 9.59. The highest BCUT2D eigenvalue weighted by atomic mass is 79.9. The number of halogens is 2. The smallest absolute Gasteiger partial charge is 0.322 e. The molecule has 2 fully saturated rings. The Hall–Kier alpha value is -1.98. The third kappa shape index (κ3) is 7.11. The Kier molecular flexibility index (Phi) is 9.29. The summed E-state index contributed by atoms with van der Waals surface area (Å²) in [5, 5.41) is 0.767. The molecule has 0 aliphatic carbocycles. The monoisotopic (exact) mass is 610 g/mol. The molecular weight excluding hydrogens is 580 g/mol. The first kappa shape index (κ1) is 28.0. The molecule has 0 atom stereocenters. The molecule has 0 unspecified atom stereocenters. The molecule has 2 aliphatic heterocycles. The fourth-order valence-corrected chi connectivity index (χ4v) is 7.05. The number of carbonyl (C=O) groups excluding carboxylic acids is 2. The number of urea groups is 1. The van der Waals surface area contributed by atoms with Gasteiger partial charge in [-0.2, -0.15) is 0 Å². The second-order valence-electron chi connectivity index (χ2n) is 9.67. The van der Waals surface area contributed by atoms with Crippen LogP contribution in [0.2, 0.25) is 5.02 Å². The number of hydrogen-bond donors (Lipinski definition) is 1. The molecule has 2 aromatic rings. The standard InChI is InChI=1S/C26H32BrClN4O4S/c1-19-6-7-22(27)24(16-19)37(35,36)29-11-15-31-14-10-25(33)32(26(31)34)17-20-8-12-30(13-9-20)18-21-4-2-3-5-23(21)28/h2-7,16,20,29H,8-15,17-18H2,1H3. The molecule has 3 amide bonds. The quantitative estimate of drug-likeness (QED) is 0.458. The highest BCUT2D eigenvalue weighted by Gasteiger charge is 2.34. The molecule has 0 radical (unpaired) electrons. The van der Waals surface area contributed by atoms with Crippen molar-refractivity contribution in [2.45, 2.75) is 37.6 Å². The maximum atomic E-state index is 13.1. The average Bonchev–Trinajstić information content (AvgIpc) is 2.87. The van der Waals surface area contributed by atoms with Crippen molar-refractivity contribution < 1.29 is 18.0 Å². The van der Waals surface area contributed by atoms with E-state index in [1.54, 1.807) is 17.0 Å². The van der Waals surface area contributed by atoms with E-state index >= 15 is 0 Å². The first-order chi connectivity index (χ1) is 17.6. The minimum absolute atomic E-state index is 0.0664. The first-order valence-electron chi connectivity index (χ1n) is 12.4. The van der Waals surface area contributed by atoms with E-state index in [1.165, 1.54) is 4.90 Å². The Bertz CT molecular complexity index is 1250. The lowest BCUT2D eigenvalue weighted by molar-refractivity contribution is -0.131. The lowest BCUT2D eigenvalue weighted by Gasteiger charge is -2.38. The average molecular weight is 612 g/mol. The van der Waals surface area contributed by atoms with Gasteiger partial charge in [0.25, 0.3) is 0 Å². The van der Waals surface area contributed by atoms with E-state index in [2.05, 4.69) is 25.6 Å². The molecule has 2 saturated heterocycles. The van der Waals surface area contributed by atoms with Crippen molar-refractivity contribution in [3.63, 3.8) is 0 Å². The second kappa shape index (κ2) is 12.3. The van der Waals surface area contributed by atoms with Crippen LogP contribution in [-0.4, -0.2) is 74.3 Å². The zero-order chi connectivity index (χ0) is 26.6. The fourth-order valence-electron chi connectivity index (χ4n) is 4.79. The maximum absolute atomic E-state index is 13.1. The maximum Gasteiger partial charge on any atom is 0.326 e. The Morgan fingerprint density at radius 3 is 2.54 bits per heavy atom. The van der Waals surface area contributed by atoms with Crippen molar-refractivity contribution in [2.24, 2.45) is 5.92 Å². The third-order valence-corrected chi connectivity index (χ3v) is 9.77. The molecule has 2 aromatic carbocycles. The summed E-state index contributed by atoms with van der Waals surface area (Å²) in [6.45, 7) is 5.33. The lowest BCUT2D eigenvalue weighted by Crippen LogP contribution is -2.55. The van der Waals surface area contributed by atoms with Gasteiger partial charge in [0, 0.05) is 48.6 Å². The number of amides is 3. The zero-order valence-corrected chi connectivity index (χ0v) is 24.0. The minimum atomic E-state index is -3.74. The Balaban J connectivity index is 1.27. The number of likely N-dealkylation sites (tertiary alicyclic amines) is 1. The lowest BCUT2D eigenvalue weighted by atomic mass is 9.95. The molecule has 37 heavy (non-hydrogen) atoms. The Morgan fingerprint density at radius 2 is 1.81 bits per heavy atom. The van der Waals surface area contributed by atoms with Crippen molar-refractivity contribution >= 4 is 49.5 Å². The summed E-state index contributed by atoms with van der Waals surface area (Å²) in [5.41, 5.74) is 1.93. The van der Waals surface area contributed by atoms with E-state index in [0.717, 1.165) is 48.6 Å². The molecule has 2 aliphatic rings. The van der Waals surface area contributed by atoms with E-state index in [1.807, 2.05) is 37.3 Å². The third-order valence-electron chi connectivity index (χ3n) is 6.95. The van der Waals surface area contributed by atoms with Gasteiger partial charge < -0.3 is 4.90 Å². The van der Waals surface area contributed by atoms with Crippen LogP contribution in [0.1, 0.15) is 30.4 Å². The summed E-state index contributed by atoms with van der Waals surface area (Å²) in [5.74, 6) is 0.0801. The molecule has 11 heteroatoms. The molecular formula is C26H32BrClN4O4S. The summed E-state index contributed by atoms with van der Waals surface area (Å²) in [6, 6.07) is 12.6. The topological polar surface area (TPSA) is 90.0 Å². The summed E-state index contributed by atoms with van der Waals surface area (Å²) in [7, 11) is -3.74. The molecule has 0 bridgehead atoms. The van der Waals surface area contributed by atoms with Crippen molar-refractivity contribution in [3.05, 3.63) is 63.1 Å². The van der Waals surface area contributed by atoms with Gasteiger partial charge in [0.05, 0.1) is 4.90 Å². The van der Waals surface area contributed by atoms with Crippen LogP contribution in [0.3, 0.4) is 0 Å². The number of rotatable bonds is 9. The van der Waals surface area contributed by atoms with E-state index < -0.39 is 10.0 Å². The zero-order valence-electron chi connectivity index (χ0n) is 20.8. The van der Waals surface area contributed by atoms with Crippen LogP contribution in [0.25, 0.3) is 0 Å². The molecule has 4 rings (SSSR count). The van der Waals surface area contributed by atoms with Gasteiger partial charge in [-0.1, -0.05) is 35.9 Å². The van der Waals surface area contributed by atoms with E-state index in [0.29, 0.717) is 17.6 Å². The summed E-state index contributed by atoms with van der Waals surface area (Å²) in [6.07, 6.45) is 2.03. The Labute approximate surface area is 232 Å². The van der Waals surface area contributed by atoms with Gasteiger partial charge in [0.1, 0.15) is 0 Å². The number of piperidine rings is 1. The molecule has 200 valence electrons. The normalized spacial score (nSPS) is 18.0. The second-order valence-corrected chi connectivity index (χ2v) is 12.7. The SMILES string of the molecule is Cc1ccc(Br)c(S(=O)(=O)NCCN2CCC(=O)N(CC3CCN(Cc4ccccc4Cl)CC3)C2=O)c1. The van der Waals surface area contributed by atoms with E-state index in [4.69, 9.17) is 11.6 Å². The first-order valence-corrected chi connectivity index (χ1v) is 15.1. The van der Waals surface area contributed by atoms with Crippen molar-refractivity contribution in [1.82, 2.24) is 19.4 Å². The molecule has 0 spiro atoms. The van der Waals surface area contributed by atoms with Crippen LogP contribution < -0.4 is 4.72 Å². The molecule has 8 nitrogen and oxygen atoms in total. The number of aryl methyl sites for hydroxylation is 1. The highest BCUT2D eigenvalue weighted by Crippen LogP contribution is 2.25. The molecule has 0 saturated carbocycles. The largest absolute Gasteiger partial charge is 0.326 e. The summed E-state index contributed by atoms with van der Waals surface area (Å²) in [4.78, 5) is 31.1. The van der Waals surface area contributed by atoms with E-state index in [-0.39, 0.29) is 42.3 Å². The minimum Gasteiger partial charge on any atom is -0.322 e. The highest BCUT2D eigenvalue weighted by molar-refractivity contribution is 9.10. The number of benzene rings is 2. The number of nitrogens with one attached hydrogen (secondary N) is 1. The number of imide groups is 1. The van der Waals surface area contributed by atoms with Gasteiger partial charge in [0.15, 0.2) is 0 Å². The van der Waals surface area contributed by atoms with Crippen molar-refractivity contribution in [2.75, 3.05) is 39.3 Å². The van der Waals surface area contributed by atoms with Crippen molar-refractivity contribution in [3.8, 4) is 0 Å². The van der Waals surface area contributed by atoms with Crippen LogP contribution in [0.15, 0.2) is 51.8 Å². The number of carbonyl (C=O) groups is 2. The fraction of sp³-hybridized carbons (Fsp3) is 0.462. The van der Waals surface area contributed by atoms with Gasteiger partial charge in [-0.25, -0.2) is 17.9 Å². The van der Waals surface area contributed by atoms with E-state index in [9.17, 15) is 18.0 Å². The van der Waals surface area contributed by atoms with Gasteiger partial charge in [0.2, 0.25) is 15.9 Å². The van der Waals surface area contributed by atoms with Crippen LogP contribution in [0.4, 0.5) is 4.79 Å². The predicted octanol–water partition coefficient (Wildman–Crippen LogP) is 4.26. The van der Waals surface area contributed by atoms with Gasteiger partial charge in [-0.05, 0) is 84.0 Å². The van der Waals surface area contributed by atoms with Crippen molar-refractivity contribution in [1.29, 1.82) is 0 Å². The summed E-state index contributed by atoms with van der Waals surface area (Å²) < 4.78 is 28.6. The van der Waals surface area contributed by atoms with Crippen LogP contribution in [0, 0.1) is 12.8 Å². The van der Waals surface area contributed by atoms with Gasteiger partial charge in [-0.3, -0.25) is 14.6 Å². The molecule has 0 aromatic heterocycles. The number of nitrogens with zero attached hydrogens (tertiary/aromatic N) is 3. The van der Waals surface area contributed by atoms with Gasteiger partial charge in [-0.15, -0.1) is 0 Å². The van der Waals surface area contributed by atoms with Crippen LogP contribution in [0.5, 0.6) is 0 Å². The van der Waals surface area contributed by atoms with Crippen LogP contribution >= 0.6 is 27.5 Å². The van der Waals surface area contributed by atoms with Crippen LogP contribution in [-0.2, 0) is 21.4 Å². The molecule has 1 N–H and O–H groups in total. The number of sulfonamides is 1. The molecule has 2 heterocycles. The Morgan fingerprint density at radius 1 is 1.08 bits per heavy atom. The number of hydrogen-bond acceptors (Lipinski definition) is 5.